The molecule has 0 bridgehead atoms. The zero-order chi connectivity index (χ0) is 29.5. The van der Waals surface area contributed by atoms with Crippen LogP contribution >= 0.6 is 0 Å². The van der Waals surface area contributed by atoms with E-state index in [1.54, 1.807) is 47.3 Å². The Morgan fingerprint density at radius 1 is 1.00 bits per heavy atom. The molecule has 0 aliphatic carbocycles. The maximum atomic E-state index is 13.7. The summed E-state index contributed by atoms with van der Waals surface area (Å²) in [5, 5.41) is 25.9. The van der Waals surface area contributed by atoms with Gasteiger partial charge in [-0.3, -0.25) is 14.6 Å². The number of hydrogen-bond donors (Lipinski definition) is 2. The van der Waals surface area contributed by atoms with Gasteiger partial charge in [0.15, 0.2) is 5.75 Å². The van der Waals surface area contributed by atoms with Crippen LogP contribution in [0.3, 0.4) is 0 Å². The number of fused-ring (bicyclic) bond motifs is 1. The maximum Gasteiger partial charge on any atom is 0.256 e. The molecule has 0 unspecified atom stereocenters. The molecule has 10 nitrogen and oxygen atoms in total. The molecule has 1 fully saturated rings. The Morgan fingerprint density at radius 3 is 2.36 bits per heavy atom. The zero-order valence-corrected chi connectivity index (χ0v) is 23.8. The number of carbonyl (C=O) groups is 2. The first-order valence-electron chi connectivity index (χ1n) is 14.2. The SMILES string of the molecule is CN(C(=O)CN(CC(=O)NCCN1CCCC1)c1cc(C#N)ccc1Oc1ccc(O)cc1)N1Cc2ccccc2C1. The van der Waals surface area contributed by atoms with Gasteiger partial charge in [0, 0.05) is 33.2 Å². The summed E-state index contributed by atoms with van der Waals surface area (Å²) in [4.78, 5) is 30.8. The van der Waals surface area contributed by atoms with Gasteiger partial charge in [-0.2, -0.15) is 5.26 Å². The minimum Gasteiger partial charge on any atom is -0.508 e. The average molecular weight is 569 g/mol. The maximum absolute atomic E-state index is 13.7. The Morgan fingerprint density at radius 2 is 1.69 bits per heavy atom. The third-order valence-corrected chi connectivity index (χ3v) is 7.71. The number of likely N-dealkylation sites (N-methyl/N-ethyl adjacent to an activating group) is 1. The van der Waals surface area contributed by atoms with E-state index in [1.165, 1.54) is 36.1 Å². The van der Waals surface area contributed by atoms with Crippen LogP contribution in [0.5, 0.6) is 17.2 Å². The number of nitriles is 1. The van der Waals surface area contributed by atoms with Crippen LogP contribution in [0.4, 0.5) is 5.69 Å². The number of nitrogens with zero attached hydrogens (tertiary/aromatic N) is 5. The molecule has 0 atom stereocenters. The molecule has 2 heterocycles. The molecule has 2 aliphatic heterocycles. The van der Waals surface area contributed by atoms with Crippen molar-refractivity contribution in [1.29, 1.82) is 5.26 Å². The Bertz CT molecular complexity index is 1420. The van der Waals surface area contributed by atoms with Gasteiger partial charge in [0.2, 0.25) is 5.91 Å². The molecule has 3 aromatic rings. The molecule has 0 spiro atoms. The van der Waals surface area contributed by atoms with Crippen LogP contribution in [0.1, 0.15) is 29.5 Å². The molecule has 0 saturated carbocycles. The van der Waals surface area contributed by atoms with Crippen LogP contribution in [0, 0.1) is 11.3 Å². The normalized spacial score (nSPS) is 14.7. The van der Waals surface area contributed by atoms with Crippen molar-refractivity contribution >= 4 is 17.5 Å². The second-order valence-electron chi connectivity index (χ2n) is 10.7. The lowest BCUT2D eigenvalue weighted by molar-refractivity contribution is -0.145. The van der Waals surface area contributed by atoms with Crippen LogP contribution in [0.25, 0.3) is 0 Å². The van der Waals surface area contributed by atoms with Gasteiger partial charge in [-0.05, 0) is 79.5 Å². The van der Waals surface area contributed by atoms with E-state index < -0.39 is 0 Å². The van der Waals surface area contributed by atoms with Gasteiger partial charge in [-0.25, -0.2) is 5.01 Å². The van der Waals surface area contributed by atoms with Crippen LogP contribution in [-0.2, 0) is 22.7 Å². The van der Waals surface area contributed by atoms with Gasteiger partial charge in [0.1, 0.15) is 11.5 Å². The lowest BCUT2D eigenvalue weighted by atomic mass is 10.1. The van der Waals surface area contributed by atoms with Gasteiger partial charge < -0.3 is 25.0 Å². The van der Waals surface area contributed by atoms with Gasteiger partial charge >= 0.3 is 0 Å². The largest absolute Gasteiger partial charge is 0.508 e. The van der Waals surface area contributed by atoms with E-state index in [1.807, 2.05) is 17.1 Å². The van der Waals surface area contributed by atoms with Crippen molar-refractivity contribution < 1.29 is 19.4 Å². The molecule has 218 valence electrons. The lowest BCUT2D eigenvalue weighted by Gasteiger charge is -2.32. The molecule has 10 heteroatoms. The number of hydrazine groups is 1. The van der Waals surface area contributed by atoms with Crippen molar-refractivity contribution in [1.82, 2.24) is 20.2 Å². The average Bonchev–Trinajstić information content (AvgIpc) is 3.68. The second-order valence-corrected chi connectivity index (χ2v) is 10.7. The van der Waals surface area contributed by atoms with E-state index in [-0.39, 0.29) is 30.7 Å². The fourth-order valence-corrected chi connectivity index (χ4v) is 5.33. The van der Waals surface area contributed by atoms with Crippen molar-refractivity contribution in [3.8, 4) is 23.3 Å². The van der Waals surface area contributed by atoms with Crippen molar-refractivity contribution in [2.75, 3.05) is 51.2 Å². The molecule has 2 amide bonds. The number of nitrogens with one attached hydrogen (secondary N) is 1. The van der Waals surface area contributed by atoms with Crippen molar-refractivity contribution in [2.24, 2.45) is 0 Å². The monoisotopic (exact) mass is 568 g/mol. The summed E-state index contributed by atoms with van der Waals surface area (Å²) >= 11 is 0. The second kappa shape index (κ2) is 13.4. The number of benzene rings is 3. The number of anilines is 1. The standard InChI is InChI=1S/C32H36N6O4/c1-35(38-20-25-6-2-3-7-26(25)21-38)32(41)23-37(22-31(40)34-14-17-36-15-4-5-16-36)29-18-24(19-33)8-13-30(29)42-28-11-9-27(39)10-12-28/h2-3,6-13,18,39H,4-5,14-17,20-23H2,1H3,(H,34,40). The predicted octanol–water partition coefficient (Wildman–Crippen LogP) is 3.46. The highest BCUT2D eigenvalue weighted by Crippen LogP contribution is 2.34. The molecule has 1 saturated heterocycles. The first-order valence-corrected chi connectivity index (χ1v) is 14.2. The third kappa shape index (κ3) is 7.18. The summed E-state index contributed by atoms with van der Waals surface area (Å²) in [6, 6.07) is 21.4. The van der Waals surface area contributed by atoms with E-state index in [4.69, 9.17) is 4.74 Å². The summed E-state index contributed by atoms with van der Waals surface area (Å²) in [5.41, 5.74) is 3.18. The molecule has 2 N–H and O–H groups in total. The van der Waals surface area contributed by atoms with Crippen molar-refractivity contribution in [2.45, 2.75) is 25.9 Å². The number of likely N-dealkylation sites (tertiary alicyclic amines) is 1. The number of aromatic hydroxyl groups is 1. The summed E-state index contributed by atoms with van der Waals surface area (Å²) in [6.45, 7) is 4.42. The fraction of sp³-hybridized carbons (Fsp3) is 0.344. The van der Waals surface area contributed by atoms with Crippen LogP contribution < -0.4 is 15.0 Å². The molecule has 3 aromatic carbocycles. The fourth-order valence-electron chi connectivity index (χ4n) is 5.33. The summed E-state index contributed by atoms with van der Waals surface area (Å²) in [7, 11) is 1.74. The molecule has 2 aliphatic rings. The summed E-state index contributed by atoms with van der Waals surface area (Å²) in [5.74, 6) is 0.523. The van der Waals surface area contributed by atoms with Crippen LogP contribution in [-0.4, -0.2) is 78.2 Å². The molecule has 0 radical (unpaired) electrons. The minimum atomic E-state index is -0.226. The summed E-state index contributed by atoms with van der Waals surface area (Å²) in [6.07, 6.45) is 2.36. The van der Waals surface area contributed by atoms with Gasteiger partial charge in [-0.15, -0.1) is 0 Å². The Hall–Kier alpha value is -4.59. The molecule has 0 aromatic heterocycles. The van der Waals surface area contributed by atoms with Gasteiger partial charge in [0.25, 0.3) is 5.91 Å². The Labute approximate surface area is 246 Å². The molecule has 42 heavy (non-hydrogen) atoms. The minimum absolute atomic E-state index is 0.0966. The van der Waals surface area contributed by atoms with Crippen molar-refractivity contribution in [3.05, 3.63) is 83.4 Å². The molecule has 5 rings (SSSR count). The predicted molar refractivity (Wildman–Crippen MR) is 159 cm³/mol. The molecular formula is C32H36N6O4. The number of carbonyl (C=O) groups excluding carboxylic acids is 2. The van der Waals surface area contributed by atoms with Gasteiger partial charge in [-0.1, -0.05) is 24.3 Å². The highest BCUT2D eigenvalue weighted by atomic mass is 16.5. The van der Waals surface area contributed by atoms with E-state index in [2.05, 4.69) is 28.4 Å². The number of phenolic OH excluding ortho intramolecular Hbond substituents is 1. The van der Waals surface area contributed by atoms with E-state index >= 15 is 0 Å². The zero-order valence-electron chi connectivity index (χ0n) is 23.8. The summed E-state index contributed by atoms with van der Waals surface area (Å²) < 4.78 is 6.12. The first-order chi connectivity index (χ1) is 20.4. The highest BCUT2D eigenvalue weighted by Gasteiger charge is 2.28. The smallest absolute Gasteiger partial charge is 0.256 e. The number of rotatable bonds is 11. The highest BCUT2D eigenvalue weighted by molar-refractivity contribution is 5.87. The van der Waals surface area contributed by atoms with E-state index in [0.29, 0.717) is 42.4 Å². The number of phenols is 1. The van der Waals surface area contributed by atoms with E-state index in [9.17, 15) is 20.0 Å². The first kappa shape index (κ1) is 28.9. The van der Waals surface area contributed by atoms with Gasteiger partial charge in [0.05, 0.1) is 30.4 Å². The van der Waals surface area contributed by atoms with Crippen molar-refractivity contribution in [3.63, 3.8) is 0 Å². The number of ether oxygens (including phenoxy) is 1. The van der Waals surface area contributed by atoms with Crippen LogP contribution in [0.15, 0.2) is 66.7 Å². The van der Waals surface area contributed by atoms with E-state index in [0.717, 1.165) is 19.6 Å². The Balaban J connectivity index is 1.36. The number of amides is 2. The number of hydrogen-bond acceptors (Lipinski definition) is 8. The quantitative estimate of drug-likeness (QED) is 0.362. The molecular weight excluding hydrogens is 532 g/mol. The Kier molecular flexibility index (Phi) is 9.21. The topological polar surface area (TPSA) is 112 Å². The third-order valence-electron chi connectivity index (χ3n) is 7.71. The lowest BCUT2D eigenvalue weighted by Crippen LogP contribution is -2.48. The van der Waals surface area contributed by atoms with Crippen LogP contribution in [0.2, 0.25) is 0 Å².